The number of hydrogen-bond donors (Lipinski definition) is 1. The number of carbonyl (C=O) groups excluding carboxylic acids is 2. The summed E-state index contributed by atoms with van der Waals surface area (Å²) < 4.78 is 7.01. The first kappa shape index (κ1) is 24.3. The Kier molecular flexibility index (Phi) is 7.29. The summed E-state index contributed by atoms with van der Waals surface area (Å²) in [5, 5.41) is 8.01. The van der Waals surface area contributed by atoms with E-state index in [1.165, 1.54) is 19.3 Å². The van der Waals surface area contributed by atoms with Gasteiger partial charge in [-0.25, -0.2) is 0 Å². The molecule has 1 atom stereocenters. The Labute approximate surface area is 202 Å². The number of carbonyl (C=O) groups is 2. The van der Waals surface area contributed by atoms with Gasteiger partial charge in [0.1, 0.15) is 17.0 Å². The van der Waals surface area contributed by atoms with E-state index in [-0.39, 0.29) is 23.8 Å². The van der Waals surface area contributed by atoms with E-state index in [0.717, 1.165) is 42.7 Å². The Balaban J connectivity index is 1.64. The minimum absolute atomic E-state index is 0.0906. The van der Waals surface area contributed by atoms with E-state index in [0.29, 0.717) is 18.8 Å². The van der Waals surface area contributed by atoms with Gasteiger partial charge in [0.25, 0.3) is 5.91 Å². The van der Waals surface area contributed by atoms with Crippen LogP contribution in [0.3, 0.4) is 0 Å². The molecule has 1 aromatic heterocycles. The van der Waals surface area contributed by atoms with Crippen LogP contribution in [0.25, 0.3) is 0 Å². The first-order valence-electron chi connectivity index (χ1n) is 12.7. The van der Waals surface area contributed by atoms with Crippen molar-refractivity contribution in [3.63, 3.8) is 0 Å². The van der Waals surface area contributed by atoms with Crippen LogP contribution in [0.5, 0.6) is 5.75 Å². The van der Waals surface area contributed by atoms with Crippen LogP contribution in [0.4, 0.5) is 0 Å². The smallest absolute Gasteiger partial charge is 0.273 e. The summed E-state index contributed by atoms with van der Waals surface area (Å²) in [5.41, 5.74) is 1.34. The van der Waals surface area contributed by atoms with Crippen molar-refractivity contribution in [3.05, 3.63) is 47.3 Å². The first-order valence-corrected chi connectivity index (χ1v) is 12.7. The van der Waals surface area contributed by atoms with Crippen molar-refractivity contribution in [2.24, 2.45) is 0 Å². The summed E-state index contributed by atoms with van der Waals surface area (Å²) in [7, 11) is 1.63. The van der Waals surface area contributed by atoms with Crippen molar-refractivity contribution in [2.75, 3.05) is 7.11 Å². The van der Waals surface area contributed by atoms with E-state index < -0.39 is 5.54 Å². The maximum absolute atomic E-state index is 13.8. The molecule has 1 aliphatic carbocycles. The van der Waals surface area contributed by atoms with E-state index in [9.17, 15) is 9.59 Å². The van der Waals surface area contributed by atoms with Gasteiger partial charge in [0.2, 0.25) is 5.91 Å². The monoisotopic (exact) mass is 466 g/mol. The molecule has 2 heterocycles. The van der Waals surface area contributed by atoms with Crippen molar-refractivity contribution < 1.29 is 14.3 Å². The van der Waals surface area contributed by atoms with E-state index in [2.05, 4.69) is 24.3 Å². The van der Waals surface area contributed by atoms with Gasteiger partial charge in [0.15, 0.2) is 0 Å². The molecule has 1 fully saturated rings. The molecule has 7 nitrogen and oxygen atoms in total. The first-order chi connectivity index (χ1) is 16.3. The number of amides is 2. The number of rotatable bonds is 6. The number of nitrogens with zero attached hydrogens (tertiary/aromatic N) is 3. The predicted molar refractivity (Wildman–Crippen MR) is 132 cm³/mol. The van der Waals surface area contributed by atoms with Crippen LogP contribution in [0.1, 0.15) is 93.4 Å². The summed E-state index contributed by atoms with van der Waals surface area (Å²) in [4.78, 5) is 29.3. The van der Waals surface area contributed by atoms with Crippen molar-refractivity contribution >= 4 is 11.8 Å². The Hall–Kier alpha value is -2.83. The third kappa shape index (κ3) is 4.98. The normalized spacial score (nSPS) is 21.7. The molecule has 2 aromatic rings. The molecule has 34 heavy (non-hydrogen) atoms. The maximum atomic E-state index is 13.8. The van der Waals surface area contributed by atoms with Gasteiger partial charge in [0.05, 0.1) is 19.3 Å². The SMILES string of the molecule is COc1ccc(CN2C(=O)c3cc(C(C)C)nn3C[C@]2(C)C(=O)NC2CCCCCCC2)cc1. The van der Waals surface area contributed by atoms with Crippen LogP contribution in [-0.2, 0) is 17.9 Å². The van der Waals surface area contributed by atoms with E-state index in [1.54, 1.807) is 16.7 Å². The van der Waals surface area contributed by atoms with Crippen molar-refractivity contribution in [2.45, 2.75) is 96.3 Å². The third-order valence-electron chi connectivity index (χ3n) is 7.34. The second kappa shape index (κ2) is 10.2. The zero-order chi connectivity index (χ0) is 24.3. The summed E-state index contributed by atoms with van der Waals surface area (Å²) in [5.74, 6) is 0.720. The third-order valence-corrected chi connectivity index (χ3v) is 7.34. The van der Waals surface area contributed by atoms with E-state index >= 15 is 0 Å². The molecule has 184 valence electrons. The minimum atomic E-state index is -1.04. The van der Waals surface area contributed by atoms with Gasteiger partial charge in [-0.3, -0.25) is 14.3 Å². The van der Waals surface area contributed by atoms with Crippen molar-refractivity contribution in [1.82, 2.24) is 20.0 Å². The quantitative estimate of drug-likeness (QED) is 0.672. The summed E-state index contributed by atoms with van der Waals surface area (Å²) in [6.07, 6.45) is 8.00. The Morgan fingerprint density at radius 2 is 1.79 bits per heavy atom. The zero-order valence-electron chi connectivity index (χ0n) is 21.0. The molecule has 0 radical (unpaired) electrons. The van der Waals surface area contributed by atoms with Crippen LogP contribution >= 0.6 is 0 Å². The molecule has 0 spiro atoms. The van der Waals surface area contributed by atoms with E-state index in [1.807, 2.05) is 37.3 Å². The van der Waals surface area contributed by atoms with Gasteiger partial charge in [-0.15, -0.1) is 0 Å². The molecule has 1 saturated carbocycles. The average Bonchev–Trinajstić information content (AvgIpc) is 3.23. The van der Waals surface area contributed by atoms with Gasteiger partial charge >= 0.3 is 0 Å². The molecule has 0 bridgehead atoms. The van der Waals surface area contributed by atoms with Crippen LogP contribution < -0.4 is 10.1 Å². The number of aromatic nitrogens is 2. The summed E-state index contributed by atoms with van der Waals surface area (Å²) in [6, 6.07) is 9.70. The standard InChI is InChI=1S/C27H38N4O3/c1-19(2)23-16-24-25(32)30(17-20-12-14-22(34-4)15-13-20)27(3,18-31(24)29-23)26(33)28-21-10-8-6-5-7-9-11-21/h12-16,19,21H,5-11,17-18H2,1-4H3,(H,28,33)/t27-/m1/s1. The molecule has 0 unspecified atom stereocenters. The second-order valence-electron chi connectivity index (χ2n) is 10.3. The van der Waals surface area contributed by atoms with Crippen LogP contribution in [0.15, 0.2) is 30.3 Å². The van der Waals surface area contributed by atoms with Crippen molar-refractivity contribution in [1.29, 1.82) is 0 Å². The van der Waals surface area contributed by atoms with Gasteiger partial charge in [0, 0.05) is 12.6 Å². The molecule has 2 amide bonds. The molecule has 0 saturated heterocycles. The maximum Gasteiger partial charge on any atom is 0.273 e. The van der Waals surface area contributed by atoms with Crippen molar-refractivity contribution in [3.8, 4) is 5.75 Å². The van der Waals surface area contributed by atoms with Gasteiger partial charge in [-0.05, 0) is 49.4 Å². The predicted octanol–water partition coefficient (Wildman–Crippen LogP) is 4.66. The fourth-order valence-electron chi connectivity index (χ4n) is 5.05. The highest BCUT2D eigenvalue weighted by Gasteiger charge is 2.48. The topological polar surface area (TPSA) is 76.5 Å². The Bertz CT molecular complexity index is 1010. The molecule has 7 heteroatoms. The lowest BCUT2D eigenvalue weighted by molar-refractivity contribution is -0.134. The molecular formula is C27H38N4O3. The largest absolute Gasteiger partial charge is 0.497 e. The fourth-order valence-corrected chi connectivity index (χ4v) is 5.05. The zero-order valence-corrected chi connectivity index (χ0v) is 21.0. The Morgan fingerprint density at radius 1 is 1.15 bits per heavy atom. The van der Waals surface area contributed by atoms with Crippen LogP contribution in [-0.4, -0.2) is 45.2 Å². The lowest BCUT2D eigenvalue weighted by Gasteiger charge is -2.44. The number of fused-ring (bicyclic) bond motifs is 1. The number of nitrogens with one attached hydrogen (secondary N) is 1. The van der Waals surface area contributed by atoms with Gasteiger partial charge in [-0.1, -0.05) is 58.1 Å². The lowest BCUT2D eigenvalue weighted by atomic mass is 9.91. The van der Waals surface area contributed by atoms with Crippen LogP contribution in [0, 0.1) is 0 Å². The fraction of sp³-hybridized carbons (Fsp3) is 0.593. The lowest BCUT2D eigenvalue weighted by Crippen LogP contribution is -2.64. The number of hydrogen-bond acceptors (Lipinski definition) is 4. The summed E-state index contributed by atoms with van der Waals surface area (Å²) >= 11 is 0. The molecule has 1 N–H and O–H groups in total. The molecule has 1 aromatic carbocycles. The molecule has 4 rings (SSSR count). The highest BCUT2D eigenvalue weighted by molar-refractivity contribution is 5.99. The number of ether oxygens (including phenoxy) is 1. The highest BCUT2D eigenvalue weighted by Crippen LogP contribution is 2.31. The summed E-state index contributed by atoms with van der Waals surface area (Å²) in [6.45, 7) is 6.70. The second-order valence-corrected chi connectivity index (χ2v) is 10.3. The minimum Gasteiger partial charge on any atom is -0.497 e. The van der Waals surface area contributed by atoms with E-state index in [4.69, 9.17) is 4.74 Å². The number of benzene rings is 1. The highest BCUT2D eigenvalue weighted by atomic mass is 16.5. The van der Waals surface area contributed by atoms with Crippen LogP contribution in [0.2, 0.25) is 0 Å². The molecule has 1 aliphatic heterocycles. The Morgan fingerprint density at radius 3 is 2.41 bits per heavy atom. The molecule has 2 aliphatic rings. The number of methoxy groups -OCH3 is 1. The van der Waals surface area contributed by atoms with Gasteiger partial charge < -0.3 is 15.0 Å². The average molecular weight is 467 g/mol. The van der Waals surface area contributed by atoms with Gasteiger partial charge in [-0.2, -0.15) is 5.10 Å². The molecular weight excluding hydrogens is 428 g/mol.